The van der Waals surface area contributed by atoms with Gasteiger partial charge in [-0.05, 0) is 54.3 Å². The van der Waals surface area contributed by atoms with Crippen LogP contribution in [0, 0.1) is 10.1 Å². The third kappa shape index (κ3) is 5.04. The van der Waals surface area contributed by atoms with E-state index in [4.69, 9.17) is 9.47 Å². The molecule has 0 bridgehead atoms. The maximum atomic E-state index is 12.6. The van der Waals surface area contributed by atoms with Crippen molar-refractivity contribution in [2.45, 2.75) is 51.7 Å². The highest BCUT2D eigenvalue weighted by molar-refractivity contribution is 5.94. The summed E-state index contributed by atoms with van der Waals surface area (Å²) in [6, 6.07) is 0.0782. The Morgan fingerprint density at radius 2 is 1.90 bits per heavy atom. The van der Waals surface area contributed by atoms with Crippen LogP contribution in [0.2, 0.25) is 0 Å². The van der Waals surface area contributed by atoms with Crippen LogP contribution in [-0.2, 0) is 4.74 Å². The molecule has 3 atom stereocenters. The predicted molar refractivity (Wildman–Crippen MR) is 115 cm³/mol. The van der Waals surface area contributed by atoms with E-state index in [2.05, 4.69) is 19.8 Å². The molecule has 3 rings (SSSR count). The van der Waals surface area contributed by atoms with Crippen molar-refractivity contribution in [3.63, 3.8) is 0 Å². The van der Waals surface area contributed by atoms with Crippen molar-refractivity contribution in [3.05, 3.63) is 15.8 Å². The van der Waals surface area contributed by atoms with Gasteiger partial charge in [-0.25, -0.2) is 4.79 Å². The zero-order valence-corrected chi connectivity index (χ0v) is 18.9. The summed E-state index contributed by atoms with van der Waals surface area (Å²) in [7, 11) is 4.04. The van der Waals surface area contributed by atoms with Gasteiger partial charge in [-0.1, -0.05) is 0 Å². The monoisotopic (exact) mass is 436 g/mol. The van der Waals surface area contributed by atoms with Gasteiger partial charge >= 0.3 is 17.7 Å². The zero-order valence-electron chi connectivity index (χ0n) is 18.9. The molecule has 172 valence electrons. The first kappa shape index (κ1) is 23.1. The normalized spacial score (nSPS) is 24.9. The predicted octanol–water partition coefficient (Wildman–Crippen LogP) is 1.56. The highest BCUT2D eigenvalue weighted by atomic mass is 16.6. The summed E-state index contributed by atoms with van der Waals surface area (Å²) in [6.45, 7) is 8.46. The summed E-state index contributed by atoms with van der Waals surface area (Å²) in [5.41, 5.74) is -0.808. The maximum absolute atomic E-state index is 12.6. The number of hydrogen-bond donors (Lipinski definition) is 0. The smallest absolute Gasteiger partial charge is 0.364 e. The van der Waals surface area contributed by atoms with Gasteiger partial charge in [0.1, 0.15) is 6.61 Å². The molecule has 0 saturated carbocycles. The molecule has 0 aliphatic carbocycles. The van der Waals surface area contributed by atoms with Gasteiger partial charge in [0.05, 0.1) is 11.5 Å². The van der Waals surface area contributed by atoms with Crippen LogP contribution in [0.15, 0.2) is 0 Å². The van der Waals surface area contributed by atoms with E-state index in [1.54, 1.807) is 6.92 Å². The van der Waals surface area contributed by atoms with Crippen LogP contribution in [0.3, 0.4) is 0 Å². The molecule has 1 aromatic rings. The highest BCUT2D eigenvalue weighted by Gasteiger charge is 2.39. The molecule has 0 spiro atoms. The van der Waals surface area contributed by atoms with E-state index in [0.29, 0.717) is 19.7 Å². The molecule has 31 heavy (non-hydrogen) atoms. The molecule has 11 heteroatoms. The van der Waals surface area contributed by atoms with Crippen LogP contribution in [0.1, 0.15) is 44.1 Å². The molecular formula is C20H32N6O5. The lowest BCUT2D eigenvalue weighted by Crippen LogP contribution is -2.56. The van der Waals surface area contributed by atoms with E-state index in [9.17, 15) is 14.9 Å². The lowest BCUT2D eigenvalue weighted by Gasteiger charge is -2.43. The van der Waals surface area contributed by atoms with E-state index >= 15 is 0 Å². The first-order valence-electron chi connectivity index (χ1n) is 10.8. The van der Waals surface area contributed by atoms with Crippen LogP contribution in [-0.4, -0.2) is 95.7 Å². The Kier molecular flexibility index (Phi) is 7.26. The van der Waals surface area contributed by atoms with Gasteiger partial charge < -0.3 is 24.2 Å². The van der Waals surface area contributed by atoms with Crippen molar-refractivity contribution in [1.82, 2.24) is 19.8 Å². The fraction of sp³-hybridized carbons (Fsp3) is 0.750. The third-order valence-electron chi connectivity index (χ3n) is 5.92. The number of nitrogens with zero attached hydrogens (tertiary/aromatic N) is 6. The van der Waals surface area contributed by atoms with Gasteiger partial charge in [0.25, 0.3) is 0 Å². The number of aromatic nitrogens is 2. The number of likely N-dealkylation sites (N-methyl/N-ethyl adjacent to an activating group) is 2. The number of nitro groups is 1. The molecular weight excluding hydrogens is 404 g/mol. The van der Waals surface area contributed by atoms with Crippen LogP contribution < -0.4 is 9.64 Å². The molecule has 3 heterocycles. The Morgan fingerprint density at radius 3 is 2.45 bits per heavy atom. The van der Waals surface area contributed by atoms with Gasteiger partial charge in [0.15, 0.2) is 0 Å². The molecule has 2 fully saturated rings. The van der Waals surface area contributed by atoms with E-state index < -0.39 is 16.6 Å². The summed E-state index contributed by atoms with van der Waals surface area (Å²) in [5.74, 6) is -0.749. The number of ether oxygens (including phenoxy) is 2. The van der Waals surface area contributed by atoms with E-state index in [0.717, 1.165) is 19.4 Å². The minimum atomic E-state index is -0.852. The lowest BCUT2D eigenvalue weighted by atomic mass is 10.1. The number of carbonyl (C=O) groups is 1. The summed E-state index contributed by atoms with van der Waals surface area (Å²) in [6.07, 6.45) is 2.08. The topological polar surface area (TPSA) is 114 Å². The summed E-state index contributed by atoms with van der Waals surface area (Å²) in [4.78, 5) is 38.8. The number of esters is 1. The third-order valence-corrected chi connectivity index (χ3v) is 5.92. The van der Waals surface area contributed by atoms with E-state index in [1.807, 2.05) is 32.8 Å². The van der Waals surface area contributed by atoms with Crippen molar-refractivity contribution in [1.29, 1.82) is 0 Å². The number of piperazine rings is 1. The molecule has 0 aromatic carbocycles. The van der Waals surface area contributed by atoms with Crippen LogP contribution in [0.25, 0.3) is 0 Å². The number of anilines is 1. The van der Waals surface area contributed by atoms with Crippen molar-refractivity contribution < 1.29 is 19.2 Å². The largest absolute Gasteiger partial charge is 0.462 e. The number of likely N-dealkylation sites (tertiary alicyclic amines) is 1. The van der Waals surface area contributed by atoms with E-state index in [1.165, 1.54) is 0 Å². The second kappa shape index (κ2) is 9.73. The summed E-state index contributed by atoms with van der Waals surface area (Å²) >= 11 is 0. The maximum Gasteiger partial charge on any atom is 0.364 e. The Bertz CT molecular complexity index is 809. The second-order valence-electron chi connectivity index (χ2n) is 8.42. The SMILES string of the molecule is CCOC(=O)c1nc(OC[C@@H]2CCCN2C)nc(N2C(C)CN(C)C[C@@H]2C)c1[N+](=O)[O-]. The van der Waals surface area contributed by atoms with E-state index in [-0.39, 0.29) is 42.3 Å². The van der Waals surface area contributed by atoms with Crippen LogP contribution in [0.5, 0.6) is 6.01 Å². The lowest BCUT2D eigenvalue weighted by molar-refractivity contribution is -0.385. The molecule has 0 radical (unpaired) electrons. The highest BCUT2D eigenvalue weighted by Crippen LogP contribution is 2.35. The Balaban J connectivity index is 2.04. The van der Waals surface area contributed by atoms with Crippen molar-refractivity contribution >= 4 is 17.5 Å². The number of hydrogen-bond acceptors (Lipinski definition) is 10. The average Bonchev–Trinajstić information content (AvgIpc) is 3.10. The van der Waals surface area contributed by atoms with Gasteiger partial charge in [-0.3, -0.25) is 10.1 Å². The molecule has 2 aliphatic rings. The molecule has 11 nitrogen and oxygen atoms in total. The van der Waals surface area contributed by atoms with Gasteiger partial charge in [0, 0.05) is 31.2 Å². The molecule has 0 N–H and O–H groups in total. The standard InChI is InChI=1S/C20H32N6O5/c1-6-30-19(27)16-17(26(28)29)18(25-13(2)10-23(4)11-14(25)3)22-20(21-16)31-12-15-8-7-9-24(15)5/h13-15H,6-12H2,1-5H3/t13-,14?,15-/m0/s1. The van der Waals surface area contributed by atoms with Gasteiger partial charge in [-0.15, -0.1) is 0 Å². The van der Waals surface area contributed by atoms with Crippen LogP contribution in [0.4, 0.5) is 11.5 Å². The molecule has 1 aromatic heterocycles. The second-order valence-corrected chi connectivity index (χ2v) is 8.42. The Hall–Kier alpha value is -2.53. The Morgan fingerprint density at radius 1 is 1.23 bits per heavy atom. The molecule has 2 saturated heterocycles. The zero-order chi connectivity index (χ0) is 22.7. The van der Waals surface area contributed by atoms with Crippen LogP contribution >= 0.6 is 0 Å². The fourth-order valence-corrected chi connectivity index (χ4v) is 4.54. The fourth-order valence-electron chi connectivity index (χ4n) is 4.54. The summed E-state index contributed by atoms with van der Waals surface area (Å²) in [5, 5.41) is 12.0. The van der Waals surface area contributed by atoms with Crippen molar-refractivity contribution in [2.75, 3.05) is 51.8 Å². The van der Waals surface area contributed by atoms with Gasteiger partial charge in [0.2, 0.25) is 11.5 Å². The minimum absolute atomic E-state index is 0.0396. The number of rotatable bonds is 7. The Labute approximate surface area is 182 Å². The first-order chi connectivity index (χ1) is 14.7. The first-order valence-corrected chi connectivity index (χ1v) is 10.8. The number of carbonyl (C=O) groups excluding carboxylic acids is 1. The quantitative estimate of drug-likeness (QED) is 0.354. The average molecular weight is 437 g/mol. The molecule has 0 amide bonds. The molecule has 2 aliphatic heterocycles. The van der Waals surface area contributed by atoms with Crippen molar-refractivity contribution in [3.8, 4) is 6.01 Å². The minimum Gasteiger partial charge on any atom is -0.462 e. The molecule has 1 unspecified atom stereocenters. The van der Waals surface area contributed by atoms with Gasteiger partial charge in [-0.2, -0.15) is 9.97 Å². The summed E-state index contributed by atoms with van der Waals surface area (Å²) < 4.78 is 10.9. The van der Waals surface area contributed by atoms with Crippen molar-refractivity contribution in [2.24, 2.45) is 0 Å².